The molecule has 9 heteroatoms. The van der Waals surface area contributed by atoms with Crippen molar-refractivity contribution < 1.29 is 30.5 Å². The molecule has 0 unspecified atom stereocenters. The largest absolute Gasteiger partial charge is 0.534 e. The molecule has 0 heterocycles. The van der Waals surface area contributed by atoms with Gasteiger partial charge in [0.15, 0.2) is 0 Å². The van der Waals surface area contributed by atoms with Crippen LogP contribution in [-0.4, -0.2) is 21.0 Å². The van der Waals surface area contributed by atoms with E-state index in [0.29, 0.717) is 16.5 Å². The number of halogens is 3. The second-order valence-corrected chi connectivity index (χ2v) is 5.99. The SMILES string of the molecule is COc1ccc2ccc(OS(=O)(=O)C(F)(F)F)c(CC#N)c2c1. The molecule has 0 spiro atoms. The number of nitrogens with zero attached hydrogens (tertiary/aromatic N) is 1. The van der Waals surface area contributed by atoms with E-state index in [4.69, 9.17) is 10.00 Å². The maximum atomic E-state index is 12.5. The highest BCUT2D eigenvalue weighted by molar-refractivity contribution is 7.88. The van der Waals surface area contributed by atoms with E-state index >= 15 is 0 Å². The minimum absolute atomic E-state index is 0.0386. The summed E-state index contributed by atoms with van der Waals surface area (Å²) in [6, 6.07) is 9.03. The van der Waals surface area contributed by atoms with Crippen molar-refractivity contribution in [2.75, 3.05) is 7.11 Å². The number of alkyl halides is 3. The first-order valence-electron chi connectivity index (χ1n) is 6.17. The minimum atomic E-state index is -5.82. The Labute approximate surface area is 130 Å². The van der Waals surface area contributed by atoms with Gasteiger partial charge in [-0.05, 0) is 29.0 Å². The molecule has 2 aromatic carbocycles. The Morgan fingerprint density at radius 2 is 1.87 bits per heavy atom. The number of fused-ring (bicyclic) bond motifs is 1. The van der Waals surface area contributed by atoms with Gasteiger partial charge in [0.25, 0.3) is 0 Å². The van der Waals surface area contributed by atoms with Crippen LogP contribution in [0.3, 0.4) is 0 Å². The third-order valence-corrected chi connectivity index (χ3v) is 4.00. The van der Waals surface area contributed by atoms with Crippen molar-refractivity contribution in [2.45, 2.75) is 11.9 Å². The van der Waals surface area contributed by atoms with Gasteiger partial charge in [-0.1, -0.05) is 12.1 Å². The Kier molecular flexibility index (Phi) is 4.38. The fourth-order valence-corrected chi connectivity index (χ4v) is 2.46. The lowest BCUT2D eigenvalue weighted by atomic mass is 10.0. The molecular weight excluding hydrogens is 335 g/mol. The molecule has 0 aliphatic heterocycles. The predicted molar refractivity (Wildman–Crippen MR) is 75.4 cm³/mol. The molecule has 0 aromatic heterocycles. The number of hydrogen-bond donors (Lipinski definition) is 0. The van der Waals surface area contributed by atoms with Crippen LogP contribution in [-0.2, 0) is 16.5 Å². The summed E-state index contributed by atoms with van der Waals surface area (Å²) in [4.78, 5) is 0. The van der Waals surface area contributed by atoms with Gasteiger partial charge in [0.2, 0.25) is 0 Å². The Morgan fingerprint density at radius 1 is 1.22 bits per heavy atom. The number of ether oxygens (including phenoxy) is 1. The van der Waals surface area contributed by atoms with E-state index in [0.717, 1.165) is 6.07 Å². The van der Waals surface area contributed by atoms with Gasteiger partial charge in [0, 0.05) is 5.56 Å². The van der Waals surface area contributed by atoms with Gasteiger partial charge in [-0.2, -0.15) is 26.9 Å². The Hall–Kier alpha value is -2.47. The second-order valence-electron chi connectivity index (χ2n) is 4.45. The molecule has 2 aromatic rings. The first-order valence-corrected chi connectivity index (χ1v) is 7.58. The predicted octanol–water partition coefficient (Wildman–Crippen LogP) is 3.14. The van der Waals surface area contributed by atoms with Crippen LogP contribution in [0.2, 0.25) is 0 Å². The average Bonchev–Trinajstić information content (AvgIpc) is 2.48. The second kappa shape index (κ2) is 5.96. The summed E-state index contributed by atoms with van der Waals surface area (Å²) in [5, 5.41) is 9.86. The zero-order valence-corrected chi connectivity index (χ0v) is 12.5. The Balaban J connectivity index is 2.65. The maximum Gasteiger partial charge on any atom is 0.534 e. The highest BCUT2D eigenvalue weighted by Crippen LogP contribution is 2.34. The standard InChI is InChI=1S/C14H10F3NO4S/c1-21-10-4-2-9-3-5-13(11(6-7-18)12(9)8-10)22-23(19,20)14(15,16)17/h2-5,8H,6H2,1H3. The lowest BCUT2D eigenvalue weighted by molar-refractivity contribution is -0.0500. The van der Waals surface area contributed by atoms with Crippen molar-refractivity contribution >= 4 is 20.9 Å². The van der Waals surface area contributed by atoms with Gasteiger partial charge in [0.05, 0.1) is 19.6 Å². The molecule has 0 saturated heterocycles. The zero-order chi connectivity index (χ0) is 17.3. The highest BCUT2D eigenvalue weighted by atomic mass is 32.2. The summed E-state index contributed by atoms with van der Waals surface area (Å²) >= 11 is 0. The first kappa shape index (κ1) is 16.9. The van der Waals surface area contributed by atoms with Crippen LogP contribution in [0.5, 0.6) is 11.5 Å². The van der Waals surface area contributed by atoms with Crippen LogP contribution in [0.15, 0.2) is 30.3 Å². The number of methoxy groups -OCH3 is 1. The maximum absolute atomic E-state index is 12.5. The smallest absolute Gasteiger partial charge is 0.497 e. The van der Waals surface area contributed by atoms with Gasteiger partial charge in [-0.25, -0.2) is 0 Å². The Bertz CT molecular complexity index is 885. The molecule has 0 N–H and O–H groups in total. The topological polar surface area (TPSA) is 76.4 Å². The van der Waals surface area contributed by atoms with Crippen molar-refractivity contribution in [1.82, 2.24) is 0 Å². The van der Waals surface area contributed by atoms with Gasteiger partial charge in [-0.15, -0.1) is 0 Å². The molecule has 23 heavy (non-hydrogen) atoms. The molecular formula is C14H10F3NO4S. The molecule has 2 rings (SSSR count). The van der Waals surface area contributed by atoms with Crippen molar-refractivity contribution in [3.05, 3.63) is 35.9 Å². The number of benzene rings is 2. The molecule has 5 nitrogen and oxygen atoms in total. The quantitative estimate of drug-likeness (QED) is 0.628. The summed E-state index contributed by atoms with van der Waals surface area (Å²) in [7, 11) is -4.41. The minimum Gasteiger partial charge on any atom is -0.497 e. The summed E-state index contributed by atoms with van der Waals surface area (Å²) in [5.41, 5.74) is -5.52. The van der Waals surface area contributed by atoms with Crippen molar-refractivity contribution in [1.29, 1.82) is 5.26 Å². The van der Waals surface area contributed by atoms with E-state index in [1.807, 2.05) is 0 Å². The number of rotatable bonds is 4. The monoisotopic (exact) mass is 345 g/mol. The lowest BCUT2D eigenvalue weighted by Gasteiger charge is -2.14. The summed E-state index contributed by atoms with van der Waals surface area (Å²) in [6.45, 7) is 0. The first-order chi connectivity index (χ1) is 10.7. The third-order valence-electron chi connectivity index (χ3n) is 3.04. The van der Waals surface area contributed by atoms with Crippen LogP contribution < -0.4 is 8.92 Å². The molecule has 0 fully saturated rings. The molecule has 0 bridgehead atoms. The van der Waals surface area contributed by atoms with Crippen LogP contribution >= 0.6 is 0 Å². The van der Waals surface area contributed by atoms with Gasteiger partial charge < -0.3 is 8.92 Å². The fraction of sp³-hybridized carbons (Fsp3) is 0.214. The number of hydrogen-bond acceptors (Lipinski definition) is 5. The summed E-state index contributed by atoms with van der Waals surface area (Å²) in [6.07, 6.45) is -0.326. The van der Waals surface area contributed by atoms with Crippen molar-refractivity contribution in [2.24, 2.45) is 0 Å². The highest BCUT2D eigenvalue weighted by Gasteiger charge is 2.48. The van der Waals surface area contributed by atoms with Crippen LogP contribution in [0.4, 0.5) is 13.2 Å². The van der Waals surface area contributed by atoms with Gasteiger partial charge >= 0.3 is 15.6 Å². The zero-order valence-electron chi connectivity index (χ0n) is 11.7. The van der Waals surface area contributed by atoms with E-state index in [9.17, 15) is 21.6 Å². The molecule has 0 amide bonds. The molecule has 0 atom stereocenters. The average molecular weight is 345 g/mol. The van der Waals surface area contributed by atoms with E-state index in [1.54, 1.807) is 18.2 Å². The van der Waals surface area contributed by atoms with Crippen LogP contribution in [0, 0.1) is 11.3 Å². The van der Waals surface area contributed by atoms with Crippen LogP contribution in [0.25, 0.3) is 10.8 Å². The van der Waals surface area contributed by atoms with Gasteiger partial charge in [0.1, 0.15) is 11.5 Å². The lowest BCUT2D eigenvalue weighted by Crippen LogP contribution is -2.28. The van der Waals surface area contributed by atoms with Crippen molar-refractivity contribution in [3.63, 3.8) is 0 Å². The Morgan fingerprint density at radius 3 is 2.43 bits per heavy atom. The van der Waals surface area contributed by atoms with E-state index in [2.05, 4.69) is 4.18 Å². The summed E-state index contributed by atoms with van der Waals surface area (Å²) in [5.74, 6) is -0.128. The van der Waals surface area contributed by atoms with Gasteiger partial charge in [-0.3, -0.25) is 0 Å². The fourth-order valence-electron chi connectivity index (χ4n) is 1.97. The normalized spacial score (nSPS) is 12.0. The molecule has 0 aliphatic carbocycles. The van der Waals surface area contributed by atoms with E-state index in [-0.39, 0.29) is 12.0 Å². The number of nitriles is 1. The molecule has 0 aliphatic rings. The van der Waals surface area contributed by atoms with Crippen molar-refractivity contribution in [3.8, 4) is 17.6 Å². The molecule has 0 radical (unpaired) electrons. The van der Waals surface area contributed by atoms with E-state index < -0.39 is 21.4 Å². The van der Waals surface area contributed by atoms with E-state index in [1.165, 1.54) is 19.2 Å². The molecule has 122 valence electrons. The third kappa shape index (κ3) is 3.32. The molecule has 0 saturated carbocycles. The van der Waals surface area contributed by atoms with Crippen LogP contribution in [0.1, 0.15) is 5.56 Å². The summed E-state index contributed by atoms with van der Waals surface area (Å²) < 4.78 is 69.0.